The Labute approximate surface area is 151 Å². The minimum absolute atomic E-state index is 0.115. The molecule has 0 spiro atoms. The third-order valence-corrected chi connectivity index (χ3v) is 4.84. The van der Waals surface area contributed by atoms with Crippen LogP contribution in [0.1, 0.15) is 60.9 Å². The van der Waals surface area contributed by atoms with Crippen LogP contribution < -0.4 is 5.32 Å². The van der Waals surface area contributed by atoms with E-state index < -0.39 is 23.3 Å². The molecule has 0 saturated carbocycles. The number of carbonyl (C=O) groups excluding carboxylic acids is 1. The highest BCUT2D eigenvalue weighted by atomic mass is 19.4. The van der Waals surface area contributed by atoms with Crippen LogP contribution in [0.4, 0.5) is 13.2 Å². The van der Waals surface area contributed by atoms with Crippen molar-refractivity contribution < 1.29 is 23.1 Å². The zero-order valence-corrected chi connectivity index (χ0v) is 15.4. The van der Waals surface area contributed by atoms with Crippen molar-refractivity contribution in [3.63, 3.8) is 0 Å². The van der Waals surface area contributed by atoms with Crippen molar-refractivity contribution in [1.82, 2.24) is 20.0 Å². The third-order valence-electron chi connectivity index (χ3n) is 4.84. The van der Waals surface area contributed by atoms with Gasteiger partial charge >= 0.3 is 6.18 Å². The number of hydrogen-bond donors (Lipinski definition) is 2. The molecule has 1 aromatic heterocycles. The topological polar surface area (TPSA) is 70.4 Å². The molecule has 0 atom stereocenters. The highest BCUT2D eigenvalue weighted by Crippen LogP contribution is 2.35. The average molecular weight is 376 g/mol. The van der Waals surface area contributed by atoms with Crippen LogP contribution >= 0.6 is 0 Å². The quantitative estimate of drug-likeness (QED) is 0.748. The number of nitrogens with one attached hydrogen (secondary N) is 1. The summed E-state index contributed by atoms with van der Waals surface area (Å²) in [7, 11) is 0. The number of aliphatic hydroxyl groups excluding tert-OH is 1. The Morgan fingerprint density at radius 3 is 2.46 bits per heavy atom. The van der Waals surface area contributed by atoms with Gasteiger partial charge in [-0.25, -0.2) is 0 Å². The lowest BCUT2D eigenvalue weighted by Crippen LogP contribution is -2.39. The van der Waals surface area contributed by atoms with E-state index in [0.717, 1.165) is 13.1 Å². The van der Waals surface area contributed by atoms with Crippen LogP contribution in [0.15, 0.2) is 0 Å². The first-order valence-corrected chi connectivity index (χ1v) is 8.96. The summed E-state index contributed by atoms with van der Waals surface area (Å²) in [5, 5.41) is 15.0. The molecular formula is C17H27F3N4O2. The molecule has 26 heavy (non-hydrogen) atoms. The van der Waals surface area contributed by atoms with E-state index in [-0.39, 0.29) is 31.3 Å². The van der Waals surface area contributed by atoms with E-state index in [1.54, 1.807) is 0 Å². The van der Waals surface area contributed by atoms with Gasteiger partial charge < -0.3 is 15.3 Å². The summed E-state index contributed by atoms with van der Waals surface area (Å²) >= 11 is 0. The molecule has 0 aromatic carbocycles. The average Bonchev–Trinajstić information content (AvgIpc) is 2.92. The predicted octanol–water partition coefficient (Wildman–Crippen LogP) is 2.37. The Balaban J connectivity index is 2.27. The monoisotopic (exact) mass is 376 g/mol. The molecule has 1 aromatic rings. The van der Waals surface area contributed by atoms with E-state index in [1.165, 1.54) is 11.6 Å². The summed E-state index contributed by atoms with van der Waals surface area (Å²) in [6.07, 6.45) is -3.01. The van der Waals surface area contributed by atoms with Crippen LogP contribution in [0, 0.1) is 6.92 Å². The maximum absolute atomic E-state index is 13.4. The Kier molecular flexibility index (Phi) is 6.68. The Hall–Kier alpha value is -1.61. The van der Waals surface area contributed by atoms with Crippen molar-refractivity contribution in [3.8, 4) is 0 Å². The number of aliphatic hydroxyl groups is 1. The number of hydrogen-bond acceptors (Lipinski definition) is 4. The molecule has 6 nitrogen and oxygen atoms in total. The fourth-order valence-electron chi connectivity index (χ4n) is 3.36. The largest absolute Gasteiger partial charge is 0.435 e. The van der Waals surface area contributed by atoms with Gasteiger partial charge in [0.1, 0.15) is 0 Å². The summed E-state index contributed by atoms with van der Waals surface area (Å²) in [4.78, 5) is 14.6. The summed E-state index contributed by atoms with van der Waals surface area (Å²) in [6.45, 7) is 7.26. The Morgan fingerprint density at radius 1 is 1.35 bits per heavy atom. The molecule has 2 rings (SSSR count). The number of rotatable bonds is 6. The van der Waals surface area contributed by atoms with Crippen molar-refractivity contribution in [2.24, 2.45) is 0 Å². The SMILES string of the molecule is Cc1c(C(=O)NCCCO)c(C(F)(F)F)nn1C1CCN(C(C)C)CC1. The second-order valence-electron chi connectivity index (χ2n) is 6.95. The van der Waals surface area contributed by atoms with Crippen LogP contribution in [0.25, 0.3) is 0 Å². The second kappa shape index (κ2) is 8.39. The first-order chi connectivity index (χ1) is 12.2. The Morgan fingerprint density at radius 2 is 1.96 bits per heavy atom. The molecule has 1 saturated heterocycles. The van der Waals surface area contributed by atoms with Gasteiger partial charge in [-0.1, -0.05) is 0 Å². The summed E-state index contributed by atoms with van der Waals surface area (Å²) < 4.78 is 41.6. The molecule has 0 radical (unpaired) electrons. The van der Waals surface area contributed by atoms with Crippen molar-refractivity contribution in [2.75, 3.05) is 26.2 Å². The highest BCUT2D eigenvalue weighted by molar-refractivity contribution is 5.96. The van der Waals surface area contributed by atoms with Gasteiger partial charge in [0.15, 0.2) is 5.69 Å². The zero-order valence-electron chi connectivity index (χ0n) is 15.4. The van der Waals surface area contributed by atoms with Crippen LogP contribution in [0.3, 0.4) is 0 Å². The lowest BCUT2D eigenvalue weighted by atomic mass is 10.0. The van der Waals surface area contributed by atoms with Crippen molar-refractivity contribution in [2.45, 2.75) is 58.3 Å². The fourth-order valence-corrected chi connectivity index (χ4v) is 3.36. The van der Waals surface area contributed by atoms with Crippen LogP contribution in [0.5, 0.6) is 0 Å². The molecule has 9 heteroatoms. The lowest BCUT2D eigenvalue weighted by molar-refractivity contribution is -0.142. The summed E-state index contributed by atoms with van der Waals surface area (Å²) in [5.74, 6) is -0.797. The Bertz CT molecular complexity index is 620. The van der Waals surface area contributed by atoms with Crippen LogP contribution in [0.2, 0.25) is 0 Å². The standard InChI is InChI=1S/C17H27F3N4O2/c1-11(2)23-8-5-13(6-9-23)24-12(3)14(15(22-24)17(18,19)20)16(26)21-7-4-10-25/h11,13,25H,4-10H2,1-3H3,(H,21,26). The molecule has 0 unspecified atom stereocenters. The smallest absolute Gasteiger partial charge is 0.396 e. The normalized spacial score (nSPS) is 17.1. The molecule has 1 aliphatic heterocycles. The fraction of sp³-hybridized carbons (Fsp3) is 0.765. The van der Waals surface area contributed by atoms with Gasteiger partial charge in [-0.3, -0.25) is 9.48 Å². The van der Waals surface area contributed by atoms with Gasteiger partial charge in [-0.15, -0.1) is 0 Å². The van der Waals surface area contributed by atoms with Gasteiger partial charge in [0.2, 0.25) is 0 Å². The van der Waals surface area contributed by atoms with Gasteiger partial charge in [0, 0.05) is 38.0 Å². The molecule has 2 heterocycles. The maximum atomic E-state index is 13.4. The van der Waals surface area contributed by atoms with Crippen LogP contribution in [-0.4, -0.2) is 58.0 Å². The van der Waals surface area contributed by atoms with Gasteiger partial charge in [0.05, 0.1) is 11.6 Å². The number of likely N-dealkylation sites (tertiary alicyclic amines) is 1. The molecular weight excluding hydrogens is 349 g/mol. The number of carbonyl (C=O) groups is 1. The van der Waals surface area contributed by atoms with Crippen LogP contribution in [-0.2, 0) is 6.18 Å². The zero-order chi connectivity index (χ0) is 19.5. The molecule has 1 aliphatic rings. The molecule has 1 fully saturated rings. The first kappa shape index (κ1) is 20.7. The molecule has 0 aliphatic carbocycles. The van der Waals surface area contributed by atoms with E-state index in [1.807, 2.05) is 0 Å². The minimum Gasteiger partial charge on any atom is -0.396 e. The number of alkyl halides is 3. The number of aromatic nitrogens is 2. The van der Waals surface area contributed by atoms with E-state index in [4.69, 9.17) is 5.11 Å². The lowest BCUT2D eigenvalue weighted by Gasteiger charge is -2.35. The van der Waals surface area contributed by atoms with Gasteiger partial charge in [-0.2, -0.15) is 18.3 Å². The van der Waals surface area contributed by atoms with E-state index in [2.05, 4.69) is 29.2 Å². The minimum atomic E-state index is -4.70. The van der Waals surface area contributed by atoms with Crippen molar-refractivity contribution in [1.29, 1.82) is 0 Å². The number of piperidine rings is 1. The number of halogens is 3. The first-order valence-electron chi connectivity index (χ1n) is 8.96. The summed E-state index contributed by atoms with van der Waals surface area (Å²) in [5.41, 5.74) is -1.31. The third kappa shape index (κ3) is 4.56. The molecule has 148 valence electrons. The number of amides is 1. The highest BCUT2D eigenvalue weighted by Gasteiger charge is 2.41. The van der Waals surface area contributed by atoms with E-state index >= 15 is 0 Å². The molecule has 2 N–H and O–H groups in total. The molecule has 1 amide bonds. The predicted molar refractivity (Wildman–Crippen MR) is 91.0 cm³/mol. The molecule has 0 bridgehead atoms. The van der Waals surface area contributed by atoms with Gasteiger partial charge in [-0.05, 0) is 40.0 Å². The van der Waals surface area contributed by atoms with Gasteiger partial charge in [0.25, 0.3) is 5.91 Å². The van der Waals surface area contributed by atoms with E-state index in [0.29, 0.717) is 18.9 Å². The second-order valence-corrected chi connectivity index (χ2v) is 6.95. The van der Waals surface area contributed by atoms with E-state index in [9.17, 15) is 18.0 Å². The van der Waals surface area contributed by atoms with Crippen molar-refractivity contribution >= 4 is 5.91 Å². The maximum Gasteiger partial charge on any atom is 0.435 e. The summed E-state index contributed by atoms with van der Waals surface area (Å²) in [6, 6.07) is 0.248. The van der Waals surface area contributed by atoms with Crippen molar-refractivity contribution in [3.05, 3.63) is 17.0 Å². The number of nitrogens with zero attached hydrogens (tertiary/aromatic N) is 3.